The van der Waals surface area contributed by atoms with Gasteiger partial charge in [-0.25, -0.2) is 4.98 Å². The molecule has 4 aliphatic heterocycles. The van der Waals surface area contributed by atoms with Crippen LogP contribution in [-0.4, -0.2) is 293 Å². The Hall–Kier alpha value is -7.22. The summed E-state index contributed by atoms with van der Waals surface area (Å²) in [5.74, 6) is -4.39. The summed E-state index contributed by atoms with van der Waals surface area (Å²) in [7, 11) is 0. The van der Waals surface area contributed by atoms with Gasteiger partial charge in [0.25, 0.3) is 11.8 Å². The molecule has 0 aliphatic carbocycles. The van der Waals surface area contributed by atoms with Crippen molar-refractivity contribution < 1.29 is 79.8 Å². The van der Waals surface area contributed by atoms with E-state index in [9.17, 15) is 52.8 Å². The number of benzene rings is 1. The number of pyridine rings is 2. The topological polar surface area (TPSA) is 353 Å². The monoisotopic (exact) mass is 1380 g/mol. The molecule has 4 saturated heterocycles. The van der Waals surface area contributed by atoms with Crippen LogP contribution in [0.2, 0.25) is 0 Å². The Morgan fingerprint density at radius 2 is 1.29 bits per heavy atom. The predicted octanol–water partition coefficient (Wildman–Crippen LogP) is -1.58. The molecule has 6 heterocycles. The first-order valence-electron chi connectivity index (χ1n) is 30.7. The number of nitriles is 1. The number of ether oxygens (including phenoxy) is 5. The molecular weight excluding hydrogens is 1300 g/mol. The number of hydrogen-bond acceptors (Lipinski definition) is 24. The Morgan fingerprint density at radius 1 is 0.659 bits per heavy atom. The van der Waals surface area contributed by atoms with Crippen LogP contribution in [0.15, 0.2) is 48.8 Å². The fourth-order valence-corrected chi connectivity index (χ4v) is 13.0. The van der Waals surface area contributed by atoms with Gasteiger partial charge in [-0.05, 0) is 68.5 Å². The van der Waals surface area contributed by atoms with E-state index in [0.717, 1.165) is 18.7 Å². The molecule has 0 spiro atoms. The molecule has 494 valence electrons. The fourth-order valence-electron chi connectivity index (χ4n) is 10.1. The number of carbonyl (C=O) groups excluding carboxylic acids is 9. The first-order chi connectivity index (χ1) is 44.2. The second-order valence-electron chi connectivity index (χ2n) is 21.7. The predicted molar refractivity (Wildman–Crippen MR) is 321 cm³/mol. The molecule has 4 atom stereocenters. The van der Waals surface area contributed by atoms with Gasteiger partial charge < -0.3 is 49.9 Å². The summed E-state index contributed by atoms with van der Waals surface area (Å²) in [4.78, 5) is 134. The third-order valence-corrected chi connectivity index (χ3v) is 18.9. The number of rotatable bonds is 33. The Labute approximate surface area is 536 Å². The van der Waals surface area contributed by atoms with Crippen molar-refractivity contribution in [2.75, 3.05) is 171 Å². The quantitative estimate of drug-likeness (QED) is 0.0339. The molecule has 30 nitrogen and oxygen atoms in total. The largest absolute Gasteiger partial charge is 0.0166 e. The fraction of sp³-hybridized carbons (Fsp3) is 0.593. The van der Waals surface area contributed by atoms with Gasteiger partial charge in [0.2, 0.25) is 17.8 Å². The number of hydrogen-bond donors (Lipinski definition) is 5. The number of halogens is 1. The summed E-state index contributed by atoms with van der Waals surface area (Å²) in [6.07, 6.45) is 5.82. The van der Waals surface area contributed by atoms with E-state index in [2.05, 4.69) is 42.6 Å². The number of nitrogens with one attached hydrogen (secondary N) is 5. The Bertz CT molecular complexity index is 2920. The first-order valence-corrected chi connectivity index (χ1v) is 34.7. The van der Waals surface area contributed by atoms with Gasteiger partial charge in [0, 0.05) is 50.4 Å². The van der Waals surface area contributed by atoms with Gasteiger partial charge in [-0.2, -0.15) is 9.65 Å². The van der Waals surface area contributed by atoms with E-state index in [4.69, 9.17) is 32.2 Å². The number of likely N-dealkylation sites (tertiary alicyclic amines) is 1. The maximum absolute atomic E-state index is 13.8. The van der Waals surface area contributed by atoms with E-state index in [1.807, 2.05) is 19.6 Å². The van der Waals surface area contributed by atoms with E-state index in [1.54, 1.807) is 24.3 Å². The molecule has 32 heteroatoms. The summed E-state index contributed by atoms with van der Waals surface area (Å²) in [6, 6.07) is 9.87. The van der Waals surface area contributed by atoms with E-state index in [0.29, 0.717) is 140 Å². The molecule has 1 aromatic carbocycles. The maximum atomic E-state index is 13.8. The second kappa shape index (κ2) is 39.2. The SMILES string of the molecule is N#C[C@@H]1CCCN1C(=O)CNC(=O)c1ccnc2ccc(OCCCNC(=O)CCOCCOCCOCCOCCNC(=O)[C@H](CCCCNC(=O)c3ccc(F)nc3)NC(=O)CN3CCN4CCN5CCN(CC3)CC(=O)[O][In]([O]C(=O)C4)[O]C(=O)C5)cc12. The van der Waals surface area contributed by atoms with Crippen molar-refractivity contribution in [3.05, 3.63) is 65.9 Å². The van der Waals surface area contributed by atoms with Crippen LogP contribution in [-0.2, 0) is 61.1 Å². The number of aromatic nitrogens is 2. The molecule has 2 unspecified atom stereocenters. The third-order valence-electron chi connectivity index (χ3n) is 15.0. The van der Waals surface area contributed by atoms with Gasteiger partial charge in [-0.3, -0.25) is 29.0 Å². The Balaban J connectivity index is 0.739. The van der Waals surface area contributed by atoms with Gasteiger partial charge in [0.1, 0.15) is 11.8 Å². The van der Waals surface area contributed by atoms with Crippen molar-refractivity contribution >= 4 is 87.0 Å². The van der Waals surface area contributed by atoms with Gasteiger partial charge in [-0.15, -0.1) is 0 Å². The minimum atomic E-state index is -4.31. The zero-order chi connectivity index (χ0) is 64.6. The number of fused-ring (bicyclic) bond motifs is 8. The summed E-state index contributed by atoms with van der Waals surface area (Å²) in [6.45, 7) is 6.00. The van der Waals surface area contributed by atoms with E-state index in [-0.39, 0.29) is 109 Å². The molecule has 5 N–H and O–H groups in total. The number of carbonyl (C=O) groups is 9. The Morgan fingerprint density at radius 3 is 1.92 bits per heavy atom. The van der Waals surface area contributed by atoms with Crippen LogP contribution >= 0.6 is 0 Å². The summed E-state index contributed by atoms with van der Waals surface area (Å²) in [5.41, 5.74) is 1.10. The number of unbranched alkanes of at least 4 members (excludes halogenated alkanes) is 1. The van der Waals surface area contributed by atoms with Crippen LogP contribution in [0.4, 0.5) is 4.39 Å². The van der Waals surface area contributed by atoms with Gasteiger partial charge >= 0.3 is 196 Å². The summed E-state index contributed by atoms with van der Waals surface area (Å²) < 4.78 is 57.9. The molecule has 7 rings (SSSR count). The molecule has 4 bridgehead atoms. The van der Waals surface area contributed by atoms with Crippen LogP contribution < -0.4 is 31.3 Å². The first kappa shape index (κ1) is 71.2. The van der Waals surface area contributed by atoms with Crippen LogP contribution in [0.3, 0.4) is 0 Å². The molecule has 3 aromatic rings. The molecule has 91 heavy (non-hydrogen) atoms. The minimum Gasteiger partial charge on any atom is -0.00973 e. The molecule has 4 aliphatic rings. The maximum Gasteiger partial charge on any atom is 0.0166 e. The van der Waals surface area contributed by atoms with Gasteiger partial charge in [0.05, 0.1) is 88.7 Å². The van der Waals surface area contributed by atoms with E-state index in [1.165, 1.54) is 17.2 Å². The van der Waals surface area contributed by atoms with E-state index >= 15 is 0 Å². The standard InChI is InChI=1S/C59H84FN13O17.In/c60-50-10-7-43(37-66-50)57(83)64-13-2-1-6-49(68-52(75)39-69-18-20-70(40-54(77)78)22-24-72(42-56(81)82)25-23-71(21-19-69)41-55(79)80)59(85)65-16-28-87-30-32-89-34-33-88-31-29-86-27-12-51(74)63-14-4-26-90-45-8-9-48-47(35-45)46(11-15-62-48)58(84)67-38-53(76)73-17-3-5-44(73)36-61;/h7-11,15,35,37,44,49H,1-6,12-14,16-34,38-42H2,(H,63,74)(H,64,83)(H,65,85)(H,67,84)(H,68,75)(H,77,78)(H,79,80)(H,81,82);/q;+3/p-3/t44-,49-;/m0./s1. The van der Waals surface area contributed by atoms with Crippen molar-refractivity contribution in [2.45, 2.75) is 57.0 Å². The summed E-state index contributed by atoms with van der Waals surface area (Å²) >= 11 is -4.31. The van der Waals surface area contributed by atoms with Gasteiger partial charge in [0.15, 0.2) is 0 Å². The zero-order valence-corrected chi connectivity index (χ0v) is 54.4. The normalized spacial score (nSPS) is 19.2. The molecule has 4 fully saturated rings. The van der Waals surface area contributed by atoms with Crippen molar-refractivity contribution in [3.8, 4) is 11.8 Å². The van der Waals surface area contributed by atoms with Crippen molar-refractivity contribution in [2.24, 2.45) is 0 Å². The van der Waals surface area contributed by atoms with Crippen LogP contribution in [0.25, 0.3) is 10.9 Å². The molecule has 0 radical (unpaired) electrons. The van der Waals surface area contributed by atoms with Crippen molar-refractivity contribution in [1.29, 1.82) is 5.26 Å². The second-order valence-corrected chi connectivity index (χ2v) is 25.4. The number of nitrogens with zero attached hydrogens (tertiary/aromatic N) is 8. The zero-order valence-electron chi connectivity index (χ0n) is 51.1. The van der Waals surface area contributed by atoms with Crippen LogP contribution in [0.1, 0.15) is 65.7 Å². The van der Waals surface area contributed by atoms with Crippen LogP contribution in [0.5, 0.6) is 5.75 Å². The van der Waals surface area contributed by atoms with E-state index < -0.39 is 82.3 Å². The van der Waals surface area contributed by atoms with Crippen molar-refractivity contribution in [3.63, 3.8) is 0 Å². The average molecular weight is 1380 g/mol. The smallest absolute Gasteiger partial charge is 0.00973 e. The Kier molecular flexibility index (Phi) is 30.7. The number of amides is 6. The minimum absolute atomic E-state index is 0.0475. The molecule has 6 amide bonds. The third kappa shape index (κ3) is 25.8. The molecular formula is C59H81FInN13O17. The van der Waals surface area contributed by atoms with Crippen LogP contribution in [0, 0.1) is 17.3 Å². The average Bonchev–Trinajstić information content (AvgIpc) is 1.96. The molecule has 0 saturated carbocycles. The molecule has 2 aromatic heterocycles. The van der Waals surface area contributed by atoms with Gasteiger partial charge in [-0.1, -0.05) is 0 Å². The summed E-state index contributed by atoms with van der Waals surface area (Å²) in [5, 5.41) is 23.8. The van der Waals surface area contributed by atoms with Crippen molar-refractivity contribution in [1.82, 2.24) is 61.1 Å².